The van der Waals surface area contributed by atoms with Crippen molar-refractivity contribution in [1.82, 2.24) is 15.2 Å². The lowest BCUT2D eigenvalue weighted by molar-refractivity contribution is -0.124. The first-order valence-corrected chi connectivity index (χ1v) is 7.14. The van der Waals surface area contributed by atoms with E-state index in [1.54, 1.807) is 0 Å². The predicted octanol–water partition coefficient (Wildman–Crippen LogP) is 2.84. The van der Waals surface area contributed by atoms with Crippen LogP contribution in [0.4, 0.5) is 14.7 Å². The van der Waals surface area contributed by atoms with Crippen molar-refractivity contribution in [3.8, 4) is 0 Å². The van der Waals surface area contributed by atoms with E-state index in [9.17, 15) is 13.6 Å². The smallest absolute Gasteiger partial charge is 0.248 e. The van der Waals surface area contributed by atoms with Crippen LogP contribution >= 0.6 is 0 Å². The van der Waals surface area contributed by atoms with Crippen LogP contribution in [0.3, 0.4) is 0 Å². The van der Waals surface area contributed by atoms with E-state index in [1.807, 2.05) is 0 Å². The number of amides is 1. The number of H-pyrrole nitrogens is 1. The molecule has 0 bridgehead atoms. The SMILES string of the molecule is O=C(Nc1n[nH]c(C2CCC2)n1)C1CCC(F)(F)CC1. The molecular weight excluding hydrogens is 266 g/mol. The average Bonchev–Trinajstić information content (AvgIpc) is 2.74. The van der Waals surface area contributed by atoms with Crippen LogP contribution in [0.1, 0.15) is 56.7 Å². The van der Waals surface area contributed by atoms with E-state index in [0.29, 0.717) is 5.92 Å². The largest absolute Gasteiger partial charge is 0.293 e. The Hall–Kier alpha value is -1.53. The van der Waals surface area contributed by atoms with Gasteiger partial charge < -0.3 is 0 Å². The fraction of sp³-hybridized carbons (Fsp3) is 0.769. The minimum Gasteiger partial charge on any atom is -0.293 e. The lowest BCUT2D eigenvalue weighted by Gasteiger charge is -2.26. The second-order valence-corrected chi connectivity index (χ2v) is 5.79. The van der Waals surface area contributed by atoms with Gasteiger partial charge in [-0.1, -0.05) is 6.42 Å². The molecule has 110 valence electrons. The van der Waals surface area contributed by atoms with E-state index in [0.717, 1.165) is 18.7 Å². The van der Waals surface area contributed by atoms with Gasteiger partial charge in [-0.25, -0.2) is 8.78 Å². The normalized spacial score (nSPS) is 23.3. The molecule has 1 aromatic rings. The van der Waals surface area contributed by atoms with Crippen LogP contribution in [0.25, 0.3) is 0 Å². The van der Waals surface area contributed by atoms with E-state index in [-0.39, 0.29) is 43.5 Å². The number of alkyl halides is 2. The van der Waals surface area contributed by atoms with Crippen molar-refractivity contribution >= 4 is 11.9 Å². The minimum atomic E-state index is -2.61. The van der Waals surface area contributed by atoms with Crippen molar-refractivity contribution in [3.63, 3.8) is 0 Å². The van der Waals surface area contributed by atoms with E-state index in [1.165, 1.54) is 6.42 Å². The van der Waals surface area contributed by atoms with E-state index in [4.69, 9.17) is 0 Å². The Morgan fingerprint density at radius 2 is 1.95 bits per heavy atom. The van der Waals surface area contributed by atoms with Crippen LogP contribution in [0.2, 0.25) is 0 Å². The molecule has 2 aliphatic rings. The van der Waals surface area contributed by atoms with Gasteiger partial charge in [0.1, 0.15) is 5.82 Å². The van der Waals surface area contributed by atoms with Crippen molar-refractivity contribution in [2.45, 2.75) is 56.8 Å². The average molecular weight is 284 g/mol. The number of rotatable bonds is 3. The Morgan fingerprint density at radius 1 is 1.25 bits per heavy atom. The molecule has 1 amide bonds. The highest BCUT2D eigenvalue weighted by Gasteiger charge is 2.37. The number of hydrogen-bond donors (Lipinski definition) is 2. The number of carbonyl (C=O) groups is 1. The van der Waals surface area contributed by atoms with Crippen LogP contribution in [-0.4, -0.2) is 27.0 Å². The number of anilines is 1. The molecule has 0 spiro atoms. The lowest BCUT2D eigenvalue weighted by atomic mass is 9.85. The molecule has 2 N–H and O–H groups in total. The first-order chi connectivity index (χ1) is 9.53. The molecule has 0 radical (unpaired) electrons. The standard InChI is InChI=1S/C13H18F2N4O/c14-13(15)6-4-9(5-7-13)11(20)17-12-16-10(18-19-12)8-2-1-3-8/h8-9H,1-7H2,(H2,16,17,18,19,20). The Kier molecular flexibility index (Phi) is 3.43. The van der Waals surface area contributed by atoms with Crippen LogP contribution in [-0.2, 0) is 4.79 Å². The zero-order valence-corrected chi connectivity index (χ0v) is 11.2. The molecule has 0 unspecified atom stereocenters. The highest BCUT2D eigenvalue weighted by molar-refractivity contribution is 5.90. The van der Waals surface area contributed by atoms with Crippen LogP contribution in [0, 0.1) is 5.92 Å². The quantitative estimate of drug-likeness (QED) is 0.896. The fourth-order valence-corrected chi connectivity index (χ4v) is 2.71. The van der Waals surface area contributed by atoms with Crippen molar-refractivity contribution < 1.29 is 13.6 Å². The topological polar surface area (TPSA) is 70.7 Å². The predicted molar refractivity (Wildman–Crippen MR) is 68.5 cm³/mol. The van der Waals surface area contributed by atoms with E-state index in [2.05, 4.69) is 20.5 Å². The number of nitrogens with one attached hydrogen (secondary N) is 2. The monoisotopic (exact) mass is 284 g/mol. The van der Waals surface area contributed by atoms with Crippen LogP contribution in [0.5, 0.6) is 0 Å². The third-order valence-electron chi connectivity index (χ3n) is 4.32. The summed E-state index contributed by atoms with van der Waals surface area (Å²) in [5.41, 5.74) is 0. The molecule has 0 atom stereocenters. The Bertz CT molecular complexity index is 488. The highest BCUT2D eigenvalue weighted by atomic mass is 19.3. The van der Waals surface area contributed by atoms with Gasteiger partial charge in [-0.15, -0.1) is 5.10 Å². The second-order valence-electron chi connectivity index (χ2n) is 5.79. The summed E-state index contributed by atoms with van der Waals surface area (Å²) in [6.07, 6.45) is 3.40. The second kappa shape index (κ2) is 5.10. The molecule has 2 saturated carbocycles. The zero-order valence-electron chi connectivity index (χ0n) is 11.2. The van der Waals surface area contributed by atoms with Gasteiger partial charge in [0, 0.05) is 24.7 Å². The maximum atomic E-state index is 13.0. The van der Waals surface area contributed by atoms with Crippen molar-refractivity contribution in [2.75, 3.05) is 5.32 Å². The summed E-state index contributed by atoms with van der Waals surface area (Å²) in [7, 11) is 0. The van der Waals surface area contributed by atoms with Crippen molar-refractivity contribution in [1.29, 1.82) is 0 Å². The third kappa shape index (κ3) is 2.81. The molecule has 2 fully saturated rings. The summed E-state index contributed by atoms with van der Waals surface area (Å²) >= 11 is 0. The van der Waals surface area contributed by atoms with Gasteiger partial charge >= 0.3 is 0 Å². The molecule has 1 heterocycles. The van der Waals surface area contributed by atoms with Crippen LogP contribution in [0.15, 0.2) is 0 Å². The van der Waals surface area contributed by atoms with Gasteiger partial charge in [-0.3, -0.25) is 15.2 Å². The zero-order chi connectivity index (χ0) is 14.2. The molecule has 0 aliphatic heterocycles. The summed E-state index contributed by atoms with van der Waals surface area (Å²) < 4.78 is 26.1. The van der Waals surface area contributed by atoms with Crippen molar-refractivity contribution in [2.24, 2.45) is 5.92 Å². The van der Waals surface area contributed by atoms with E-state index >= 15 is 0 Å². The Labute approximate surface area is 115 Å². The van der Waals surface area contributed by atoms with E-state index < -0.39 is 5.92 Å². The number of hydrogen-bond acceptors (Lipinski definition) is 3. The first kappa shape index (κ1) is 13.5. The van der Waals surface area contributed by atoms with Gasteiger partial charge in [0.05, 0.1) is 0 Å². The summed E-state index contributed by atoms with van der Waals surface area (Å²) in [6, 6.07) is 0. The molecule has 3 rings (SSSR count). The Morgan fingerprint density at radius 3 is 2.55 bits per heavy atom. The van der Waals surface area contributed by atoms with Gasteiger partial charge in [0.2, 0.25) is 17.8 Å². The molecule has 2 aliphatic carbocycles. The lowest BCUT2D eigenvalue weighted by Crippen LogP contribution is -2.32. The van der Waals surface area contributed by atoms with Crippen molar-refractivity contribution in [3.05, 3.63) is 5.82 Å². The highest BCUT2D eigenvalue weighted by Crippen LogP contribution is 2.37. The molecule has 20 heavy (non-hydrogen) atoms. The maximum absolute atomic E-state index is 13.0. The van der Waals surface area contributed by atoms with Crippen LogP contribution < -0.4 is 5.32 Å². The van der Waals surface area contributed by atoms with Gasteiger partial charge in [-0.2, -0.15) is 4.98 Å². The van der Waals surface area contributed by atoms with Gasteiger partial charge in [0.25, 0.3) is 0 Å². The van der Waals surface area contributed by atoms with Gasteiger partial charge in [0.15, 0.2) is 0 Å². The maximum Gasteiger partial charge on any atom is 0.248 e. The first-order valence-electron chi connectivity index (χ1n) is 7.14. The minimum absolute atomic E-state index is 0.216. The summed E-state index contributed by atoms with van der Waals surface area (Å²) in [6.45, 7) is 0. The molecular formula is C13H18F2N4O. The molecule has 1 aromatic heterocycles. The molecule has 0 saturated heterocycles. The Balaban J connectivity index is 1.54. The summed E-state index contributed by atoms with van der Waals surface area (Å²) in [5.74, 6) is -1.74. The number of nitrogens with zero attached hydrogens (tertiary/aromatic N) is 2. The molecule has 5 nitrogen and oxygen atoms in total. The van der Waals surface area contributed by atoms with Gasteiger partial charge in [-0.05, 0) is 25.7 Å². The fourth-order valence-electron chi connectivity index (χ4n) is 2.71. The molecule has 0 aromatic carbocycles. The number of aromatic amines is 1. The summed E-state index contributed by atoms with van der Waals surface area (Å²) in [4.78, 5) is 16.2. The number of halogens is 2. The molecule has 7 heteroatoms. The number of carbonyl (C=O) groups excluding carboxylic acids is 1. The summed E-state index contributed by atoms with van der Waals surface area (Å²) in [5, 5.41) is 9.42. The number of aromatic nitrogens is 3. The third-order valence-corrected chi connectivity index (χ3v) is 4.32.